The SMILES string of the molecule is Cc1nc(C(=O)NC(C#N)c2ccccc2F)nn1-c1ccc(Cl)cc1. The Labute approximate surface area is 153 Å². The van der Waals surface area contributed by atoms with Crippen molar-refractivity contribution in [1.82, 2.24) is 20.1 Å². The molecule has 8 heteroatoms. The van der Waals surface area contributed by atoms with Crippen LogP contribution in [-0.4, -0.2) is 20.7 Å². The van der Waals surface area contributed by atoms with Crippen molar-refractivity contribution in [3.63, 3.8) is 0 Å². The molecule has 0 spiro atoms. The Morgan fingerprint density at radius 2 is 1.96 bits per heavy atom. The maximum Gasteiger partial charge on any atom is 0.292 e. The number of nitrogens with one attached hydrogen (secondary N) is 1. The van der Waals surface area contributed by atoms with Crippen LogP contribution in [0.5, 0.6) is 0 Å². The van der Waals surface area contributed by atoms with Crippen molar-refractivity contribution in [2.45, 2.75) is 13.0 Å². The first-order valence-electron chi connectivity index (χ1n) is 7.64. The van der Waals surface area contributed by atoms with Gasteiger partial charge >= 0.3 is 0 Å². The molecular weight excluding hydrogens is 357 g/mol. The molecule has 1 heterocycles. The molecule has 6 nitrogen and oxygen atoms in total. The second-order valence-electron chi connectivity index (χ2n) is 5.43. The molecule has 0 saturated carbocycles. The average Bonchev–Trinajstić information content (AvgIpc) is 3.03. The maximum atomic E-state index is 13.9. The Bertz CT molecular complexity index is 994. The Hall–Kier alpha value is -3.24. The summed E-state index contributed by atoms with van der Waals surface area (Å²) in [7, 11) is 0. The third kappa shape index (κ3) is 3.55. The number of nitrogens with zero attached hydrogens (tertiary/aromatic N) is 4. The highest BCUT2D eigenvalue weighted by Crippen LogP contribution is 2.17. The number of carbonyl (C=O) groups is 1. The van der Waals surface area contributed by atoms with Gasteiger partial charge in [0.2, 0.25) is 5.82 Å². The summed E-state index contributed by atoms with van der Waals surface area (Å²) in [4.78, 5) is 16.5. The van der Waals surface area contributed by atoms with Crippen LogP contribution in [0.15, 0.2) is 48.5 Å². The minimum atomic E-state index is -1.15. The predicted octanol–water partition coefficient (Wildman–Crippen LogP) is 3.36. The van der Waals surface area contributed by atoms with Crippen molar-refractivity contribution in [1.29, 1.82) is 5.26 Å². The molecule has 0 saturated heterocycles. The van der Waals surface area contributed by atoms with Crippen LogP contribution < -0.4 is 5.32 Å². The lowest BCUT2D eigenvalue weighted by Gasteiger charge is -2.11. The van der Waals surface area contributed by atoms with Crippen LogP contribution in [0.3, 0.4) is 0 Å². The van der Waals surface area contributed by atoms with Crippen molar-refractivity contribution in [2.24, 2.45) is 0 Å². The van der Waals surface area contributed by atoms with Gasteiger partial charge < -0.3 is 5.32 Å². The van der Waals surface area contributed by atoms with Crippen molar-refractivity contribution in [2.75, 3.05) is 0 Å². The van der Waals surface area contributed by atoms with Crippen molar-refractivity contribution in [3.05, 3.63) is 76.6 Å². The average molecular weight is 370 g/mol. The third-order valence-electron chi connectivity index (χ3n) is 3.66. The van der Waals surface area contributed by atoms with Gasteiger partial charge in [0, 0.05) is 10.6 Å². The maximum absolute atomic E-state index is 13.9. The largest absolute Gasteiger partial charge is 0.330 e. The van der Waals surface area contributed by atoms with Crippen LogP contribution in [-0.2, 0) is 0 Å². The number of aryl methyl sites for hydroxylation is 1. The Morgan fingerprint density at radius 1 is 1.27 bits per heavy atom. The molecule has 2 aromatic carbocycles. The van der Waals surface area contributed by atoms with E-state index in [-0.39, 0.29) is 11.4 Å². The number of rotatable bonds is 4. The summed E-state index contributed by atoms with van der Waals surface area (Å²) in [5.41, 5.74) is 0.765. The van der Waals surface area contributed by atoms with Crippen LogP contribution in [0.2, 0.25) is 5.02 Å². The van der Waals surface area contributed by atoms with Crippen molar-refractivity contribution in [3.8, 4) is 11.8 Å². The van der Waals surface area contributed by atoms with Crippen molar-refractivity contribution < 1.29 is 9.18 Å². The normalized spacial score (nSPS) is 11.6. The topological polar surface area (TPSA) is 83.6 Å². The Kier molecular flexibility index (Phi) is 4.96. The van der Waals surface area contributed by atoms with Gasteiger partial charge in [-0.2, -0.15) is 5.26 Å². The van der Waals surface area contributed by atoms with Gasteiger partial charge in [-0.25, -0.2) is 14.1 Å². The standard InChI is InChI=1S/C18H13ClFN5O/c1-11-22-17(24-25(11)13-8-6-12(19)7-9-13)18(26)23-16(10-21)14-4-2-3-5-15(14)20/h2-9,16H,1H3,(H,23,26). The summed E-state index contributed by atoms with van der Waals surface area (Å²) in [6.07, 6.45) is 0. The van der Waals surface area contributed by atoms with Gasteiger partial charge in [0.15, 0.2) is 0 Å². The molecular formula is C18H13ClFN5O. The first-order chi connectivity index (χ1) is 12.5. The summed E-state index contributed by atoms with van der Waals surface area (Å²) < 4.78 is 15.3. The van der Waals surface area contributed by atoms with Gasteiger partial charge in [-0.05, 0) is 37.3 Å². The first-order valence-corrected chi connectivity index (χ1v) is 8.02. The highest BCUT2D eigenvalue weighted by atomic mass is 35.5. The second-order valence-corrected chi connectivity index (χ2v) is 5.86. The third-order valence-corrected chi connectivity index (χ3v) is 3.92. The molecule has 130 valence electrons. The summed E-state index contributed by atoms with van der Waals surface area (Å²) in [5.74, 6) is -0.878. The minimum absolute atomic E-state index is 0.0807. The van der Waals surface area contributed by atoms with Crippen molar-refractivity contribution >= 4 is 17.5 Å². The fraction of sp³-hybridized carbons (Fsp3) is 0.111. The second kappa shape index (κ2) is 7.33. The number of aromatic nitrogens is 3. The van der Waals surface area contributed by atoms with Gasteiger partial charge in [0.05, 0.1) is 11.8 Å². The highest BCUT2D eigenvalue weighted by molar-refractivity contribution is 6.30. The molecule has 0 radical (unpaired) electrons. The Morgan fingerprint density at radius 3 is 2.62 bits per heavy atom. The highest BCUT2D eigenvalue weighted by Gasteiger charge is 2.21. The predicted molar refractivity (Wildman–Crippen MR) is 93.3 cm³/mol. The fourth-order valence-corrected chi connectivity index (χ4v) is 2.52. The van der Waals surface area contributed by atoms with E-state index in [4.69, 9.17) is 11.6 Å². The quantitative estimate of drug-likeness (QED) is 0.764. The molecule has 3 rings (SSSR count). The minimum Gasteiger partial charge on any atom is -0.330 e. The molecule has 26 heavy (non-hydrogen) atoms. The number of halogens is 2. The van der Waals surface area contributed by atoms with Gasteiger partial charge in [-0.1, -0.05) is 29.8 Å². The molecule has 0 bridgehead atoms. The van der Waals surface area contributed by atoms with Crippen LogP contribution in [0.4, 0.5) is 4.39 Å². The zero-order valence-electron chi connectivity index (χ0n) is 13.6. The zero-order chi connectivity index (χ0) is 18.7. The molecule has 1 amide bonds. The van der Waals surface area contributed by atoms with E-state index in [1.807, 2.05) is 6.07 Å². The monoisotopic (exact) mass is 369 g/mol. The summed E-state index contributed by atoms with van der Waals surface area (Å²) in [6.45, 7) is 1.69. The number of hydrogen-bond donors (Lipinski definition) is 1. The van der Waals surface area contributed by atoms with Gasteiger partial charge in [0.1, 0.15) is 17.7 Å². The van der Waals surface area contributed by atoms with Gasteiger partial charge in [-0.15, -0.1) is 5.10 Å². The number of amides is 1. The van der Waals surface area contributed by atoms with E-state index in [0.29, 0.717) is 16.5 Å². The lowest BCUT2D eigenvalue weighted by molar-refractivity contribution is 0.0934. The molecule has 0 aliphatic carbocycles. The fourth-order valence-electron chi connectivity index (χ4n) is 2.40. The van der Waals surface area contributed by atoms with E-state index >= 15 is 0 Å². The smallest absolute Gasteiger partial charge is 0.292 e. The number of carbonyl (C=O) groups excluding carboxylic acids is 1. The van der Waals surface area contributed by atoms with Crippen LogP contribution >= 0.6 is 11.6 Å². The molecule has 1 aromatic heterocycles. The van der Waals surface area contributed by atoms with Crippen LogP contribution in [0.25, 0.3) is 5.69 Å². The lowest BCUT2D eigenvalue weighted by atomic mass is 10.1. The molecule has 0 fully saturated rings. The molecule has 1 atom stereocenters. The van der Waals surface area contributed by atoms with E-state index in [9.17, 15) is 14.4 Å². The molecule has 1 unspecified atom stereocenters. The molecule has 3 aromatic rings. The lowest BCUT2D eigenvalue weighted by Crippen LogP contribution is -2.29. The van der Waals surface area contributed by atoms with Crippen LogP contribution in [0, 0.1) is 24.1 Å². The summed E-state index contributed by atoms with van der Waals surface area (Å²) >= 11 is 5.87. The van der Waals surface area contributed by atoms with Gasteiger partial charge in [0.25, 0.3) is 5.91 Å². The zero-order valence-corrected chi connectivity index (χ0v) is 14.4. The van der Waals surface area contributed by atoms with E-state index in [2.05, 4.69) is 15.4 Å². The first kappa shape index (κ1) is 17.6. The molecule has 0 aliphatic heterocycles. The Balaban J connectivity index is 1.84. The molecule has 0 aliphatic rings. The number of benzene rings is 2. The number of hydrogen-bond acceptors (Lipinski definition) is 4. The number of nitriles is 1. The van der Waals surface area contributed by atoms with E-state index in [0.717, 1.165) is 0 Å². The van der Waals surface area contributed by atoms with E-state index < -0.39 is 17.8 Å². The van der Waals surface area contributed by atoms with E-state index in [1.165, 1.54) is 22.9 Å². The van der Waals surface area contributed by atoms with E-state index in [1.54, 1.807) is 37.3 Å². The van der Waals surface area contributed by atoms with Gasteiger partial charge in [-0.3, -0.25) is 4.79 Å². The summed E-state index contributed by atoms with van der Waals surface area (Å²) in [6, 6.07) is 13.4. The summed E-state index contributed by atoms with van der Waals surface area (Å²) in [5, 5.41) is 16.5. The van der Waals surface area contributed by atoms with Crippen LogP contribution in [0.1, 0.15) is 28.0 Å². The molecule has 1 N–H and O–H groups in total.